The molecule has 1 saturated heterocycles. The van der Waals surface area contributed by atoms with Crippen molar-refractivity contribution in [2.24, 2.45) is 23.5 Å². The molecule has 0 saturated carbocycles. The van der Waals surface area contributed by atoms with Crippen LogP contribution in [0.15, 0.2) is 60.8 Å². The fourth-order valence-electron chi connectivity index (χ4n) is 4.05. The Kier molecular flexibility index (Phi) is 9.15. The summed E-state index contributed by atoms with van der Waals surface area (Å²) in [5.41, 5.74) is 4.39. The zero-order chi connectivity index (χ0) is 26.7. The third-order valence-corrected chi connectivity index (χ3v) is 5.82. The third-order valence-electron chi connectivity index (χ3n) is 5.82. The SMILES string of the molecule is C=C(C)C(=O)NC(N)C1(C(=O)C(=C)C)OCC(C(=O)C(=C)C)C(C(=O)C(=C)C)C1C(=O)C(=C)C. The van der Waals surface area contributed by atoms with Crippen LogP contribution in [0.5, 0.6) is 0 Å². The lowest BCUT2D eigenvalue weighted by Gasteiger charge is -2.50. The quantitative estimate of drug-likeness (QED) is 0.349. The summed E-state index contributed by atoms with van der Waals surface area (Å²) in [4.78, 5) is 66.0. The molecule has 0 aromatic heterocycles. The monoisotopic (exact) mass is 470 g/mol. The molecule has 3 N–H and O–H groups in total. The number of carbonyl (C=O) groups is 5. The number of nitrogens with two attached hydrogens (primary N) is 1. The van der Waals surface area contributed by atoms with Gasteiger partial charge in [-0.3, -0.25) is 24.0 Å². The van der Waals surface area contributed by atoms with Gasteiger partial charge in [0, 0.05) is 11.5 Å². The minimum Gasteiger partial charge on any atom is -0.362 e. The highest BCUT2D eigenvalue weighted by Crippen LogP contribution is 2.45. The van der Waals surface area contributed by atoms with E-state index in [4.69, 9.17) is 10.5 Å². The smallest absolute Gasteiger partial charge is 0.247 e. The molecule has 1 amide bonds. The minimum atomic E-state index is -2.24. The molecular weight excluding hydrogens is 436 g/mol. The van der Waals surface area contributed by atoms with Gasteiger partial charge in [-0.15, -0.1) is 0 Å². The van der Waals surface area contributed by atoms with Crippen LogP contribution < -0.4 is 11.1 Å². The second kappa shape index (κ2) is 10.8. The first kappa shape index (κ1) is 28.8. The number of hydrogen-bond acceptors (Lipinski definition) is 7. The lowest BCUT2D eigenvalue weighted by atomic mass is 9.61. The Morgan fingerprint density at radius 1 is 0.794 bits per heavy atom. The summed E-state index contributed by atoms with van der Waals surface area (Å²) in [5, 5.41) is 2.44. The maximum absolute atomic E-state index is 13.6. The van der Waals surface area contributed by atoms with E-state index in [0.717, 1.165) is 0 Å². The zero-order valence-corrected chi connectivity index (χ0v) is 20.6. The van der Waals surface area contributed by atoms with Gasteiger partial charge in [0.25, 0.3) is 0 Å². The van der Waals surface area contributed by atoms with Crippen molar-refractivity contribution < 1.29 is 28.7 Å². The van der Waals surface area contributed by atoms with Crippen molar-refractivity contribution >= 4 is 29.0 Å². The molecule has 0 aromatic carbocycles. The Morgan fingerprint density at radius 3 is 1.65 bits per heavy atom. The van der Waals surface area contributed by atoms with E-state index in [9.17, 15) is 24.0 Å². The van der Waals surface area contributed by atoms with Crippen molar-refractivity contribution in [1.29, 1.82) is 0 Å². The number of amides is 1. The highest BCUT2D eigenvalue weighted by atomic mass is 16.5. The highest BCUT2D eigenvalue weighted by molar-refractivity contribution is 6.13. The van der Waals surface area contributed by atoms with Crippen molar-refractivity contribution in [3.05, 3.63) is 60.8 Å². The number of nitrogens with one attached hydrogen (secondary N) is 1. The van der Waals surface area contributed by atoms with E-state index < -0.39 is 65.2 Å². The molecule has 0 aromatic rings. The van der Waals surface area contributed by atoms with Gasteiger partial charge in [-0.05, 0) is 56.9 Å². The number of Topliss-reactive ketones (excluding diaryl/α,β-unsaturated/α-hetero) is 4. The van der Waals surface area contributed by atoms with Gasteiger partial charge < -0.3 is 15.8 Å². The van der Waals surface area contributed by atoms with E-state index in [1.807, 2.05) is 0 Å². The molecule has 1 rings (SSSR count). The molecule has 1 fully saturated rings. The normalized spacial score (nSPS) is 24.8. The van der Waals surface area contributed by atoms with Gasteiger partial charge in [0.15, 0.2) is 28.7 Å². The minimum absolute atomic E-state index is 0.00820. The van der Waals surface area contributed by atoms with Crippen LogP contribution in [0, 0.1) is 17.8 Å². The van der Waals surface area contributed by atoms with Crippen LogP contribution in [-0.2, 0) is 28.7 Å². The molecule has 0 bridgehead atoms. The Balaban J connectivity index is 4.03. The number of ether oxygens (including phenoxy) is 1. The van der Waals surface area contributed by atoms with Crippen LogP contribution in [0.1, 0.15) is 34.6 Å². The van der Waals surface area contributed by atoms with Crippen molar-refractivity contribution in [2.45, 2.75) is 46.4 Å². The Hall–Kier alpha value is -3.23. The predicted octanol–water partition coefficient (Wildman–Crippen LogP) is 2.16. The van der Waals surface area contributed by atoms with E-state index in [-0.39, 0.29) is 27.9 Å². The van der Waals surface area contributed by atoms with E-state index in [2.05, 4.69) is 38.2 Å². The summed E-state index contributed by atoms with van der Waals surface area (Å²) in [7, 11) is 0. The van der Waals surface area contributed by atoms with Crippen LogP contribution in [0.2, 0.25) is 0 Å². The molecule has 0 radical (unpaired) electrons. The van der Waals surface area contributed by atoms with Crippen molar-refractivity contribution in [3.63, 3.8) is 0 Å². The van der Waals surface area contributed by atoms with E-state index >= 15 is 0 Å². The molecule has 1 aliphatic rings. The van der Waals surface area contributed by atoms with E-state index in [1.165, 1.54) is 34.6 Å². The molecule has 1 heterocycles. The third kappa shape index (κ3) is 5.29. The van der Waals surface area contributed by atoms with Gasteiger partial charge in [-0.2, -0.15) is 0 Å². The number of rotatable bonds is 11. The molecular formula is C26H34N2O6. The number of carbonyl (C=O) groups excluding carboxylic acids is 5. The molecule has 184 valence electrons. The lowest BCUT2D eigenvalue weighted by molar-refractivity contribution is -0.192. The van der Waals surface area contributed by atoms with Gasteiger partial charge in [0.1, 0.15) is 6.17 Å². The van der Waals surface area contributed by atoms with Gasteiger partial charge in [0.2, 0.25) is 5.91 Å². The van der Waals surface area contributed by atoms with Crippen LogP contribution in [-0.4, -0.2) is 47.4 Å². The summed E-state index contributed by atoms with van der Waals surface area (Å²) >= 11 is 0. The molecule has 0 aliphatic carbocycles. The highest BCUT2D eigenvalue weighted by Gasteiger charge is 2.64. The Bertz CT molecular complexity index is 1020. The lowest BCUT2D eigenvalue weighted by Crippen LogP contribution is -2.73. The molecule has 0 spiro atoms. The summed E-state index contributed by atoms with van der Waals surface area (Å²) in [6, 6.07) is 0. The second-order valence-corrected chi connectivity index (χ2v) is 8.99. The Labute approximate surface area is 200 Å². The van der Waals surface area contributed by atoms with Crippen molar-refractivity contribution in [3.8, 4) is 0 Å². The van der Waals surface area contributed by atoms with Crippen LogP contribution in [0.25, 0.3) is 0 Å². The first-order chi connectivity index (χ1) is 15.5. The van der Waals surface area contributed by atoms with Gasteiger partial charge in [-0.1, -0.05) is 32.9 Å². The summed E-state index contributed by atoms with van der Waals surface area (Å²) < 4.78 is 5.97. The van der Waals surface area contributed by atoms with Crippen LogP contribution in [0.3, 0.4) is 0 Å². The molecule has 5 unspecified atom stereocenters. The topological polar surface area (TPSA) is 133 Å². The first-order valence-corrected chi connectivity index (χ1v) is 10.7. The second-order valence-electron chi connectivity index (χ2n) is 8.99. The van der Waals surface area contributed by atoms with E-state index in [1.54, 1.807) is 0 Å². The fourth-order valence-corrected chi connectivity index (χ4v) is 4.05. The largest absolute Gasteiger partial charge is 0.362 e. The predicted molar refractivity (Wildman–Crippen MR) is 129 cm³/mol. The molecule has 5 atom stereocenters. The van der Waals surface area contributed by atoms with Gasteiger partial charge in [0.05, 0.1) is 18.4 Å². The number of ketones is 4. The summed E-state index contributed by atoms with van der Waals surface area (Å²) in [6.45, 7) is 24.9. The van der Waals surface area contributed by atoms with Crippen LogP contribution >= 0.6 is 0 Å². The molecule has 1 aliphatic heterocycles. The van der Waals surface area contributed by atoms with Crippen LogP contribution in [0.4, 0.5) is 0 Å². The average Bonchev–Trinajstić information content (AvgIpc) is 2.75. The average molecular weight is 471 g/mol. The molecule has 8 heteroatoms. The standard InChI is InChI=1S/C26H34N2O6/c1-12(2)20(29)17-11-34-26(23(32)15(7)8,25(27)28-24(33)16(9)10)19(22(31)14(5)6)18(17)21(30)13(3)4/h17-19,25H,1,3,5,7,9,11,27H2,2,4,6,8,10H3,(H,28,33). The molecule has 8 nitrogen and oxygen atoms in total. The van der Waals surface area contributed by atoms with Crippen molar-refractivity contribution in [1.82, 2.24) is 5.32 Å². The number of hydrogen-bond donors (Lipinski definition) is 2. The first-order valence-electron chi connectivity index (χ1n) is 10.7. The maximum atomic E-state index is 13.6. The zero-order valence-electron chi connectivity index (χ0n) is 20.6. The molecule has 34 heavy (non-hydrogen) atoms. The van der Waals surface area contributed by atoms with Crippen molar-refractivity contribution in [2.75, 3.05) is 6.61 Å². The number of allylic oxidation sites excluding steroid dienone is 3. The van der Waals surface area contributed by atoms with Gasteiger partial charge >= 0.3 is 0 Å². The van der Waals surface area contributed by atoms with Gasteiger partial charge in [-0.25, -0.2) is 0 Å². The summed E-state index contributed by atoms with van der Waals surface area (Å²) in [5.74, 6) is -7.40. The summed E-state index contributed by atoms with van der Waals surface area (Å²) in [6.07, 6.45) is -1.59. The maximum Gasteiger partial charge on any atom is 0.247 e. The Morgan fingerprint density at radius 2 is 1.26 bits per heavy atom. The fraction of sp³-hybridized carbons (Fsp3) is 0.423. The van der Waals surface area contributed by atoms with E-state index in [0.29, 0.717) is 0 Å².